The number of hydrogen-bond acceptors (Lipinski definition) is 5. The van der Waals surface area contributed by atoms with Crippen molar-refractivity contribution in [3.05, 3.63) is 5.82 Å². The highest BCUT2D eigenvalue weighted by atomic mass is 32.1. The van der Waals surface area contributed by atoms with Gasteiger partial charge in [0.1, 0.15) is 5.82 Å². The van der Waals surface area contributed by atoms with Gasteiger partial charge in [0.2, 0.25) is 5.13 Å². The van der Waals surface area contributed by atoms with Crippen LogP contribution in [0.4, 0.5) is 5.13 Å². The van der Waals surface area contributed by atoms with Crippen LogP contribution < -0.4 is 10.6 Å². The van der Waals surface area contributed by atoms with Crippen LogP contribution >= 0.6 is 11.5 Å². The number of nitrogens with zero attached hydrogens (tertiary/aromatic N) is 3. The molecule has 1 aromatic rings. The van der Waals surface area contributed by atoms with Crippen molar-refractivity contribution in [1.29, 1.82) is 0 Å². The Bertz CT molecular complexity index is 320. The highest BCUT2D eigenvalue weighted by Crippen LogP contribution is 2.24. The monoisotopic (exact) mass is 256 g/mol. The lowest BCUT2D eigenvalue weighted by molar-refractivity contribution is 0.557. The molecule has 4 nitrogen and oxygen atoms in total. The van der Waals surface area contributed by atoms with Gasteiger partial charge in [-0.25, -0.2) is 4.98 Å². The van der Waals surface area contributed by atoms with E-state index in [1.54, 1.807) is 0 Å². The molecular formula is C12H24N4S. The summed E-state index contributed by atoms with van der Waals surface area (Å²) in [6.45, 7) is 10.2. The van der Waals surface area contributed by atoms with Gasteiger partial charge in [-0.1, -0.05) is 27.7 Å². The minimum absolute atomic E-state index is 0.390. The van der Waals surface area contributed by atoms with E-state index in [0.29, 0.717) is 18.5 Å². The molecule has 0 fully saturated rings. The molecule has 5 heteroatoms. The fourth-order valence-electron chi connectivity index (χ4n) is 1.88. The van der Waals surface area contributed by atoms with Crippen molar-refractivity contribution in [2.75, 3.05) is 18.0 Å². The molecule has 0 aromatic carbocycles. The number of anilines is 1. The molecule has 1 heterocycles. The summed E-state index contributed by atoms with van der Waals surface area (Å²) >= 11 is 1.49. The lowest BCUT2D eigenvalue weighted by Crippen LogP contribution is -2.38. The summed E-state index contributed by atoms with van der Waals surface area (Å²) in [5.74, 6) is 1.33. The van der Waals surface area contributed by atoms with E-state index in [1.807, 2.05) is 0 Å². The number of nitrogens with two attached hydrogens (primary N) is 1. The molecule has 0 spiro atoms. The van der Waals surface area contributed by atoms with Crippen LogP contribution in [0.25, 0.3) is 0 Å². The molecule has 1 rings (SSSR count). The first-order chi connectivity index (χ1) is 8.13. The van der Waals surface area contributed by atoms with Crippen LogP contribution in [0.3, 0.4) is 0 Å². The Morgan fingerprint density at radius 1 is 1.29 bits per heavy atom. The molecule has 0 bridgehead atoms. The summed E-state index contributed by atoms with van der Waals surface area (Å²) in [4.78, 5) is 6.93. The van der Waals surface area contributed by atoms with Gasteiger partial charge in [0, 0.05) is 36.6 Å². The SMILES string of the molecule is CCC(CC)N(CCN)c1nc(C(C)C)ns1. The first-order valence-electron chi connectivity index (χ1n) is 6.44. The van der Waals surface area contributed by atoms with E-state index in [0.717, 1.165) is 30.3 Å². The van der Waals surface area contributed by atoms with E-state index in [2.05, 4.69) is 42.0 Å². The highest BCUT2D eigenvalue weighted by molar-refractivity contribution is 7.09. The summed E-state index contributed by atoms with van der Waals surface area (Å²) in [6, 6.07) is 0.520. The Hall–Kier alpha value is -0.680. The van der Waals surface area contributed by atoms with Crippen LogP contribution in [-0.4, -0.2) is 28.5 Å². The molecule has 0 radical (unpaired) electrons. The minimum Gasteiger partial charge on any atom is -0.343 e. The van der Waals surface area contributed by atoms with Crippen LogP contribution in [0, 0.1) is 0 Å². The third-order valence-electron chi connectivity index (χ3n) is 2.95. The van der Waals surface area contributed by atoms with Gasteiger partial charge in [-0.3, -0.25) is 0 Å². The highest BCUT2D eigenvalue weighted by Gasteiger charge is 2.19. The van der Waals surface area contributed by atoms with Crippen molar-refractivity contribution in [2.45, 2.75) is 52.5 Å². The Balaban J connectivity index is 2.88. The molecule has 1 aromatic heterocycles. The van der Waals surface area contributed by atoms with Crippen LogP contribution in [0.1, 0.15) is 52.3 Å². The first-order valence-corrected chi connectivity index (χ1v) is 7.21. The number of hydrogen-bond donors (Lipinski definition) is 1. The summed E-state index contributed by atoms with van der Waals surface area (Å²) in [7, 11) is 0. The zero-order valence-electron chi connectivity index (χ0n) is 11.3. The van der Waals surface area contributed by atoms with E-state index in [1.165, 1.54) is 11.5 Å². The van der Waals surface area contributed by atoms with Crippen LogP contribution in [0.15, 0.2) is 0 Å². The zero-order chi connectivity index (χ0) is 12.8. The van der Waals surface area contributed by atoms with Gasteiger partial charge in [0.05, 0.1) is 0 Å². The molecule has 2 N–H and O–H groups in total. The van der Waals surface area contributed by atoms with Crippen LogP contribution in [0.2, 0.25) is 0 Å². The Kier molecular flexibility index (Phi) is 5.85. The molecule has 0 saturated heterocycles. The summed E-state index contributed by atoms with van der Waals surface area (Å²) < 4.78 is 4.42. The van der Waals surface area contributed by atoms with Gasteiger partial charge in [0.25, 0.3) is 0 Å². The quantitative estimate of drug-likeness (QED) is 0.815. The van der Waals surface area contributed by atoms with E-state index < -0.39 is 0 Å². The van der Waals surface area contributed by atoms with Gasteiger partial charge in [-0.2, -0.15) is 4.37 Å². The molecule has 17 heavy (non-hydrogen) atoms. The lowest BCUT2D eigenvalue weighted by Gasteiger charge is -2.29. The number of aromatic nitrogens is 2. The Morgan fingerprint density at radius 3 is 2.35 bits per heavy atom. The predicted octanol–water partition coefficient (Wildman–Crippen LogP) is 2.62. The number of rotatable bonds is 7. The van der Waals surface area contributed by atoms with E-state index in [4.69, 9.17) is 5.73 Å². The topological polar surface area (TPSA) is 55.0 Å². The van der Waals surface area contributed by atoms with Gasteiger partial charge >= 0.3 is 0 Å². The van der Waals surface area contributed by atoms with Crippen molar-refractivity contribution in [2.24, 2.45) is 5.73 Å². The Morgan fingerprint density at radius 2 is 1.94 bits per heavy atom. The molecule has 0 aliphatic carbocycles. The Labute approximate surface area is 108 Å². The predicted molar refractivity (Wildman–Crippen MR) is 74.8 cm³/mol. The molecule has 0 unspecified atom stereocenters. The fraction of sp³-hybridized carbons (Fsp3) is 0.833. The third-order valence-corrected chi connectivity index (χ3v) is 3.71. The standard InChI is InChI=1S/C12H24N4S/c1-5-10(6-2)16(8-7-13)12-14-11(9(3)4)15-17-12/h9-10H,5-8,13H2,1-4H3. The second kappa shape index (κ2) is 6.91. The van der Waals surface area contributed by atoms with Crippen molar-refractivity contribution in [3.63, 3.8) is 0 Å². The van der Waals surface area contributed by atoms with Gasteiger partial charge in [0.15, 0.2) is 0 Å². The molecule has 0 aliphatic rings. The zero-order valence-corrected chi connectivity index (χ0v) is 12.1. The van der Waals surface area contributed by atoms with E-state index in [9.17, 15) is 0 Å². The normalized spacial score (nSPS) is 11.5. The van der Waals surface area contributed by atoms with Crippen molar-refractivity contribution >= 4 is 16.7 Å². The summed E-state index contributed by atoms with van der Waals surface area (Å²) in [5.41, 5.74) is 5.70. The minimum atomic E-state index is 0.390. The molecule has 0 aliphatic heterocycles. The van der Waals surface area contributed by atoms with E-state index >= 15 is 0 Å². The van der Waals surface area contributed by atoms with Crippen molar-refractivity contribution in [1.82, 2.24) is 9.36 Å². The van der Waals surface area contributed by atoms with Crippen LogP contribution in [-0.2, 0) is 0 Å². The average Bonchev–Trinajstić information content (AvgIpc) is 2.78. The van der Waals surface area contributed by atoms with Crippen molar-refractivity contribution < 1.29 is 0 Å². The van der Waals surface area contributed by atoms with Gasteiger partial charge < -0.3 is 10.6 Å². The second-order valence-electron chi connectivity index (χ2n) is 4.54. The molecule has 0 saturated carbocycles. The maximum absolute atomic E-state index is 5.70. The van der Waals surface area contributed by atoms with Gasteiger partial charge in [-0.05, 0) is 12.8 Å². The maximum Gasteiger partial charge on any atom is 0.205 e. The maximum atomic E-state index is 5.70. The molecule has 98 valence electrons. The smallest absolute Gasteiger partial charge is 0.205 e. The fourth-order valence-corrected chi connectivity index (χ4v) is 2.79. The van der Waals surface area contributed by atoms with Crippen LogP contribution in [0.5, 0.6) is 0 Å². The summed E-state index contributed by atoms with van der Waals surface area (Å²) in [5, 5.41) is 1.02. The second-order valence-corrected chi connectivity index (χ2v) is 5.27. The largest absolute Gasteiger partial charge is 0.343 e. The summed E-state index contributed by atoms with van der Waals surface area (Å²) in [6.07, 6.45) is 2.24. The molecule has 0 amide bonds. The molecule has 0 atom stereocenters. The van der Waals surface area contributed by atoms with Crippen molar-refractivity contribution in [3.8, 4) is 0 Å². The molecular weight excluding hydrogens is 232 g/mol. The average molecular weight is 256 g/mol. The van der Waals surface area contributed by atoms with E-state index in [-0.39, 0.29) is 0 Å². The van der Waals surface area contributed by atoms with Gasteiger partial charge in [-0.15, -0.1) is 0 Å². The first kappa shape index (κ1) is 14.4. The third kappa shape index (κ3) is 3.64. The lowest BCUT2D eigenvalue weighted by atomic mass is 10.1.